The number of hydrogen-bond acceptors (Lipinski definition) is 5. The van der Waals surface area contributed by atoms with Crippen LogP contribution in [0.5, 0.6) is 0 Å². The smallest absolute Gasteiger partial charge is 0.408 e. The summed E-state index contributed by atoms with van der Waals surface area (Å²) in [5.41, 5.74) is -0.695. The summed E-state index contributed by atoms with van der Waals surface area (Å²) in [5, 5.41) is 21.1. The molecule has 0 rings (SSSR count). The predicted molar refractivity (Wildman–Crippen MR) is 49.9 cm³/mol. The predicted octanol–water partition coefficient (Wildman–Crippen LogP) is -0.988. The van der Waals surface area contributed by atoms with Crippen molar-refractivity contribution in [3.05, 3.63) is 0 Å². The van der Waals surface area contributed by atoms with Crippen LogP contribution in [0.3, 0.4) is 0 Å². The van der Waals surface area contributed by atoms with E-state index in [0.29, 0.717) is 0 Å². The van der Waals surface area contributed by atoms with Crippen LogP contribution in [0.2, 0.25) is 0 Å². The highest BCUT2D eigenvalue weighted by Gasteiger charge is 2.19. The van der Waals surface area contributed by atoms with Crippen LogP contribution in [0.1, 0.15) is 27.2 Å². The second kappa shape index (κ2) is 5.55. The van der Waals surface area contributed by atoms with Crippen LogP contribution in [0.15, 0.2) is 0 Å². The van der Waals surface area contributed by atoms with Gasteiger partial charge in [0.2, 0.25) is 0 Å². The lowest BCUT2D eigenvalue weighted by molar-refractivity contribution is -0.308. The Hall–Kier alpha value is -1.30. The molecule has 0 saturated heterocycles. The first-order valence-electron chi connectivity index (χ1n) is 4.57. The summed E-state index contributed by atoms with van der Waals surface area (Å²) in [6.07, 6.45) is -0.952. The fourth-order valence-corrected chi connectivity index (χ4v) is 0.828. The van der Waals surface area contributed by atoms with Gasteiger partial charge in [0.1, 0.15) is 5.60 Å². The molecule has 1 atom stereocenters. The molecule has 6 nitrogen and oxygen atoms in total. The molecule has 0 aromatic carbocycles. The molecule has 0 aromatic heterocycles. The number of hydrogen-bond donors (Lipinski definition) is 2. The molecule has 0 unspecified atom stereocenters. The van der Waals surface area contributed by atoms with E-state index in [-0.39, 0.29) is 13.0 Å². The maximum Gasteiger partial charge on any atom is 0.408 e. The number of carboxylic acids is 1. The highest BCUT2D eigenvalue weighted by Crippen LogP contribution is 2.06. The Morgan fingerprint density at radius 1 is 1.47 bits per heavy atom. The number of ether oxygens (including phenoxy) is 1. The maximum atomic E-state index is 11.1. The van der Waals surface area contributed by atoms with Gasteiger partial charge in [-0.1, -0.05) is 0 Å². The third-order valence-electron chi connectivity index (χ3n) is 1.39. The highest BCUT2D eigenvalue weighted by molar-refractivity contribution is 5.78. The van der Waals surface area contributed by atoms with Crippen LogP contribution in [0, 0.1) is 0 Å². The van der Waals surface area contributed by atoms with E-state index in [9.17, 15) is 14.7 Å². The summed E-state index contributed by atoms with van der Waals surface area (Å²) in [6.45, 7) is 4.63. The van der Waals surface area contributed by atoms with Crippen molar-refractivity contribution in [3.8, 4) is 0 Å². The number of aliphatic carboxylic acids is 1. The van der Waals surface area contributed by atoms with E-state index >= 15 is 0 Å². The zero-order chi connectivity index (χ0) is 12.1. The molecule has 0 aliphatic rings. The number of aliphatic hydroxyl groups excluding tert-OH is 1. The summed E-state index contributed by atoms with van der Waals surface area (Å²) < 4.78 is 4.84. The number of carbonyl (C=O) groups is 2. The minimum Gasteiger partial charge on any atom is -0.548 e. The van der Waals surface area contributed by atoms with Crippen LogP contribution in [0.25, 0.3) is 0 Å². The third-order valence-corrected chi connectivity index (χ3v) is 1.39. The first kappa shape index (κ1) is 13.7. The summed E-state index contributed by atoms with van der Waals surface area (Å²) in [5.74, 6) is -1.45. The van der Waals surface area contributed by atoms with Gasteiger partial charge >= 0.3 is 6.09 Å². The average Bonchev–Trinajstić information content (AvgIpc) is 1.99. The molecule has 0 aliphatic heterocycles. The summed E-state index contributed by atoms with van der Waals surface area (Å²) >= 11 is 0. The van der Waals surface area contributed by atoms with Crippen molar-refractivity contribution < 1.29 is 24.5 Å². The fraction of sp³-hybridized carbons (Fsp3) is 0.778. The maximum absolute atomic E-state index is 11.1. The summed E-state index contributed by atoms with van der Waals surface area (Å²) in [6, 6.07) is -1.23. The lowest BCUT2D eigenvalue weighted by Gasteiger charge is -2.23. The second-order valence-corrected chi connectivity index (χ2v) is 4.03. The number of carboxylic acid groups (broad SMARTS) is 1. The van der Waals surface area contributed by atoms with Crippen molar-refractivity contribution in [3.63, 3.8) is 0 Å². The SMILES string of the molecule is CC(C)(C)OC(=O)N[C@H](CCO)C(=O)[O-]. The molecule has 0 bridgehead atoms. The van der Waals surface area contributed by atoms with Crippen molar-refractivity contribution in [2.45, 2.75) is 38.8 Å². The van der Waals surface area contributed by atoms with Gasteiger partial charge in [0, 0.05) is 6.61 Å². The highest BCUT2D eigenvalue weighted by atomic mass is 16.6. The quantitative estimate of drug-likeness (QED) is 0.631. The molecular weight excluding hydrogens is 202 g/mol. The fourth-order valence-electron chi connectivity index (χ4n) is 0.828. The largest absolute Gasteiger partial charge is 0.548 e. The zero-order valence-corrected chi connectivity index (χ0v) is 9.07. The Morgan fingerprint density at radius 3 is 2.33 bits per heavy atom. The molecule has 0 aromatic rings. The van der Waals surface area contributed by atoms with E-state index < -0.39 is 23.7 Å². The van der Waals surface area contributed by atoms with Crippen molar-refractivity contribution in [2.75, 3.05) is 6.61 Å². The monoisotopic (exact) mass is 218 g/mol. The Labute approximate surface area is 88.2 Å². The van der Waals surface area contributed by atoms with Gasteiger partial charge < -0.3 is 25.1 Å². The van der Waals surface area contributed by atoms with E-state index in [1.807, 2.05) is 0 Å². The molecule has 0 spiro atoms. The number of rotatable bonds is 4. The Kier molecular flexibility index (Phi) is 5.07. The van der Waals surface area contributed by atoms with E-state index in [2.05, 4.69) is 5.32 Å². The van der Waals surface area contributed by atoms with Crippen molar-refractivity contribution >= 4 is 12.1 Å². The molecule has 0 aliphatic carbocycles. The number of alkyl carbamates (subject to hydrolysis) is 1. The topological polar surface area (TPSA) is 98.7 Å². The van der Waals surface area contributed by atoms with Gasteiger partial charge in [0.15, 0.2) is 0 Å². The van der Waals surface area contributed by atoms with Crippen molar-refractivity contribution in [2.24, 2.45) is 0 Å². The molecule has 0 fully saturated rings. The standard InChI is InChI=1S/C9H17NO5/c1-9(2,3)15-8(14)10-6(4-5-11)7(12)13/h6,11H,4-5H2,1-3H3,(H,10,14)(H,12,13)/p-1/t6-/m1/s1. The molecule has 6 heteroatoms. The average molecular weight is 218 g/mol. The van der Waals surface area contributed by atoms with Crippen LogP contribution in [0.4, 0.5) is 4.79 Å². The normalized spacial score (nSPS) is 13.1. The van der Waals surface area contributed by atoms with Gasteiger partial charge in [-0.15, -0.1) is 0 Å². The summed E-state index contributed by atoms with van der Waals surface area (Å²) in [7, 11) is 0. The van der Waals surface area contributed by atoms with Crippen molar-refractivity contribution in [1.82, 2.24) is 5.32 Å². The molecule has 0 saturated carbocycles. The van der Waals surface area contributed by atoms with Gasteiger partial charge in [-0.05, 0) is 27.2 Å². The first-order chi connectivity index (χ1) is 6.76. The number of nitrogens with one attached hydrogen (secondary N) is 1. The number of aliphatic hydroxyl groups is 1. The zero-order valence-electron chi connectivity index (χ0n) is 9.07. The van der Waals surface area contributed by atoms with E-state index in [4.69, 9.17) is 9.84 Å². The van der Waals surface area contributed by atoms with Gasteiger partial charge in [-0.3, -0.25) is 0 Å². The Morgan fingerprint density at radius 2 is 2.00 bits per heavy atom. The minimum absolute atomic E-state index is 0.110. The molecule has 2 N–H and O–H groups in total. The molecule has 15 heavy (non-hydrogen) atoms. The van der Waals surface area contributed by atoms with Gasteiger partial charge in [0.05, 0.1) is 12.0 Å². The molecule has 0 radical (unpaired) electrons. The molecule has 1 amide bonds. The molecular formula is C9H16NO5-. The first-order valence-corrected chi connectivity index (χ1v) is 4.57. The molecule has 88 valence electrons. The minimum atomic E-state index is -1.45. The third kappa shape index (κ3) is 6.73. The van der Waals surface area contributed by atoms with Crippen LogP contribution < -0.4 is 10.4 Å². The number of carbonyl (C=O) groups excluding carboxylic acids is 2. The van der Waals surface area contributed by atoms with E-state index in [0.717, 1.165) is 0 Å². The van der Waals surface area contributed by atoms with E-state index in [1.165, 1.54) is 0 Å². The van der Waals surface area contributed by atoms with Gasteiger partial charge in [-0.25, -0.2) is 4.79 Å². The lowest BCUT2D eigenvalue weighted by atomic mass is 10.2. The van der Waals surface area contributed by atoms with Crippen LogP contribution >= 0.6 is 0 Å². The van der Waals surface area contributed by atoms with Gasteiger partial charge in [0.25, 0.3) is 0 Å². The van der Waals surface area contributed by atoms with Gasteiger partial charge in [-0.2, -0.15) is 0 Å². The van der Waals surface area contributed by atoms with Crippen LogP contribution in [-0.4, -0.2) is 35.4 Å². The van der Waals surface area contributed by atoms with Crippen LogP contribution in [-0.2, 0) is 9.53 Å². The van der Waals surface area contributed by atoms with Crippen molar-refractivity contribution in [1.29, 1.82) is 0 Å². The second-order valence-electron chi connectivity index (χ2n) is 4.03. The Bertz CT molecular complexity index is 233. The Balaban J connectivity index is 4.18. The van der Waals surface area contributed by atoms with E-state index in [1.54, 1.807) is 20.8 Å². The lowest BCUT2D eigenvalue weighted by Crippen LogP contribution is -2.49. The number of amides is 1. The summed E-state index contributed by atoms with van der Waals surface area (Å²) in [4.78, 5) is 21.6. The molecule has 0 heterocycles.